The maximum absolute atomic E-state index is 13.7. The Morgan fingerprint density at radius 3 is 2.51 bits per heavy atom. The molecule has 1 aliphatic carbocycles. The van der Waals surface area contributed by atoms with Gasteiger partial charge >= 0.3 is 6.09 Å². The Morgan fingerprint density at radius 1 is 1.09 bits per heavy atom. The third-order valence-electron chi connectivity index (χ3n) is 7.84. The fourth-order valence-electron chi connectivity index (χ4n) is 5.61. The number of rotatable bonds is 5. The van der Waals surface area contributed by atoms with E-state index in [0.29, 0.717) is 49.2 Å². The first-order chi connectivity index (χ1) is 20.2. The molecule has 4 atom stereocenters. The Morgan fingerprint density at radius 2 is 1.81 bits per heavy atom. The van der Waals surface area contributed by atoms with Crippen LogP contribution in [0.1, 0.15) is 77.7 Å². The summed E-state index contributed by atoms with van der Waals surface area (Å²) in [6, 6.07) is 4.54. The zero-order valence-electron chi connectivity index (χ0n) is 24.9. The Kier molecular flexibility index (Phi) is 10.1. The maximum atomic E-state index is 13.7. The second-order valence-corrected chi connectivity index (χ2v) is 14.7. The first-order valence-corrected chi connectivity index (χ1v) is 16.8. The zero-order chi connectivity index (χ0) is 31.4. The number of halogens is 1. The summed E-state index contributed by atoms with van der Waals surface area (Å²) in [5, 5.41) is 5.98. The number of ether oxygens (including phenoxy) is 1. The summed E-state index contributed by atoms with van der Waals surface area (Å²) < 4.78 is 33.4. The van der Waals surface area contributed by atoms with Gasteiger partial charge in [0.05, 0.1) is 5.75 Å². The van der Waals surface area contributed by atoms with Crippen molar-refractivity contribution in [3.05, 3.63) is 47.0 Å². The van der Waals surface area contributed by atoms with Crippen molar-refractivity contribution >= 4 is 45.4 Å². The van der Waals surface area contributed by atoms with Crippen LogP contribution < -0.4 is 15.4 Å². The van der Waals surface area contributed by atoms with Crippen LogP contribution in [0.15, 0.2) is 36.4 Å². The number of sulfonamides is 1. The summed E-state index contributed by atoms with van der Waals surface area (Å²) in [6.07, 6.45) is 7.71. The molecule has 0 aromatic heterocycles. The molecule has 13 heteroatoms. The number of carbonyl (C=O) groups is 4. The molecule has 3 aliphatic rings. The Hall–Kier alpha value is -3.12. The molecule has 4 amide bonds. The topological polar surface area (TPSA) is 151 Å². The molecule has 1 aromatic carbocycles. The number of hydrogen-bond donors (Lipinski definition) is 3. The van der Waals surface area contributed by atoms with Gasteiger partial charge in [0.25, 0.3) is 5.91 Å². The summed E-state index contributed by atoms with van der Waals surface area (Å²) in [5.74, 6) is -2.54. The lowest BCUT2D eigenvalue weighted by molar-refractivity contribution is -0.141. The average Bonchev–Trinajstić information content (AvgIpc) is 3.36. The highest BCUT2D eigenvalue weighted by molar-refractivity contribution is 7.89. The van der Waals surface area contributed by atoms with Crippen LogP contribution in [0.2, 0.25) is 5.02 Å². The third kappa shape index (κ3) is 8.72. The van der Waals surface area contributed by atoms with E-state index >= 15 is 0 Å². The Labute approximate surface area is 258 Å². The number of allylic oxidation sites excluding steroid dienone is 1. The van der Waals surface area contributed by atoms with Gasteiger partial charge in [-0.2, -0.15) is 0 Å². The Bertz CT molecular complexity index is 1360. The molecule has 4 rings (SSSR count). The number of nitrogens with one attached hydrogen (secondary N) is 3. The minimum atomic E-state index is -4.08. The van der Waals surface area contributed by atoms with E-state index in [1.807, 2.05) is 12.2 Å². The van der Waals surface area contributed by atoms with Crippen LogP contribution in [0, 0.1) is 5.92 Å². The minimum absolute atomic E-state index is 0.237. The zero-order valence-corrected chi connectivity index (χ0v) is 26.4. The summed E-state index contributed by atoms with van der Waals surface area (Å²) in [6.45, 7) is 5.53. The molecule has 2 fully saturated rings. The number of fused-ring (bicyclic) bond motifs is 2. The van der Waals surface area contributed by atoms with E-state index in [1.165, 1.54) is 4.90 Å². The number of hydrogen-bond acceptors (Lipinski definition) is 7. The first kappa shape index (κ1) is 32.8. The van der Waals surface area contributed by atoms with Crippen LogP contribution in [0.4, 0.5) is 4.79 Å². The number of nitrogens with zero attached hydrogens (tertiary/aromatic N) is 1. The largest absolute Gasteiger partial charge is 0.444 e. The molecule has 0 bridgehead atoms. The normalized spacial score (nSPS) is 27.4. The SMILES string of the molecule is CC(C)(C)OC(=O)N[C@H]1CCCCC/C=C\[C@@H]2C[C@@]2(C(=O)NS(=O)(=O)Cc2ccc(Cl)cc2)NC(=O)[C@@H]2CCCN2C1=O. The van der Waals surface area contributed by atoms with Gasteiger partial charge in [-0.15, -0.1) is 0 Å². The van der Waals surface area contributed by atoms with Gasteiger partial charge in [-0.1, -0.05) is 48.7 Å². The highest BCUT2D eigenvalue weighted by Crippen LogP contribution is 2.45. The second kappa shape index (κ2) is 13.3. The van der Waals surface area contributed by atoms with E-state index in [0.717, 1.165) is 12.8 Å². The summed E-state index contributed by atoms with van der Waals surface area (Å²) in [7, 11) is -4.08. The van der Waals surface area contributed by atoms with Crippen LogP contribution >= 0.6 is 11.6 Å². The molecule has 3 N–H and O–H groups in total. The van der Waals surface area contributed by atoms with Crippen molar-refractivity contribution in [2.75, 3.05) is 6.54 Å². The van der Waals surface area contributed by atoms with Gasteiger partial charge in [0, 0.05) is 17.5 Å². The van der Waals surface area contributed by atoms with Gasteiger partial charge in [0.15, 0.2) is 0 Å². The Balaban J connectivity index is 1.53. The monoisotopic (exact) mass is 636 g/mol. The second-order valence-electron chi connectivity index (χ2n) is 12.5. The summed E-state index contributed by atoms with van der Waals surface area (Å²) in [4.78, 5) is 54.9. The maximum Gasteiger partial charge on any atom is 0.408 e. The van der Waals surface area contributed by atoms with Crippen LogP contribution in [-0.2, 0) is 34.9 Å². The smallest absolute Gasteiger partial charge is 0.408 e. The van der Waals surface area contributed by atoms with Gasteiger partial charge in [-0.3, -0.25) is 19.1 Å². The number of amides is 4. The number of carbonyl (C=O) groups excluding carboxylic acids is 4. The fraction of sp³-hybridized carbons (Fsp3) is 0.600. The van der Waals surface area contributed by atoms with Crippen molar-refractivity contribution in [2.45, 2.75) is 101 Å². The summed E-state index contributed by atoms with van der Waals surface area (Å²) >= 11 is 5.90. The van der Waals surface area contributed by atoms with E-state index in [-0.39, 0.29) is 18.2 Å². The van der Waals surface area contributed by atoms with Crippen LogP contribution in [0.25, 0.3) is 0 Å². The van der Waals surface area contributed by atoms with Crippen LogP contribution in [0.5, 0.6) is 0 Å². The molecular formula is C30H41ClN4O7S. The molecule has 1 saturated heterocycles. The molecular weight excluding hydrogens is 596 g/mol. The van der Waals surface area contributed by atoms with Crippen molar-refractivity contribution in [1.29, 1.82) is 0 Å². The van der Waals surface area contributed by atoms with Gasteiger partial charge in [0.2, 0.25) is 21.8 Å². The first-order valence-electron chi connectivity index (χ1n) is 14.8. The number of alkyl carbamates (subject to hydrolysis) is 1. The van der Waals surface area contributed by atoms with Crippen molar-refractivity contribution < 1.29 is 32.3 Å². The molecule has 11 nitrogen and oxygen atoms in total. The summed E-state index contributed by atoms with van der Waals surface area (Å²) in [5.41, 5.74) is -1.74. The molecule has 1 aromatic rings. The lowest BCUT2D eigenvalue weighted by Gasteiger charge is -2.30. The molecule has 0 radical (unpaired) electrons. The lowest BCUT2D eigenvalue weighted by Crippen LogP contribution is -2.58. The molecule has 2 heterocycles. The number of benzene rings is 1. The minimum Gasteiger partial charge on any atom is -0.444 e. The van der Waals surface area contributed by atoms with Crippen molar-refractivity contribution in [1.82, 2.24) is 20.3 Å². The predicted octanol–water partition coefficient (Wildman–Crippen LogP) is 3.57. The van der Waals surface area contributed by atoms with Crippen molar-refractivity contribution in [2.24, 2.45) is 5.92 Å². The standard InChI is InChI=1S/C30H41ClN4O7S/c1-29(2,3)42-28(39)32-23-11-8-6-4-5-7-10-21-18-30(21,33-25(36)24-12-9-17-35(24)26(23)37)27(38)34-43(40,41)19-20-13-15-22(31)16-14-20/h7,10,13-16,21,23-24H,4-6,8-9,11-12,17-19H2,1-3H3,(H,32,39)(H,33,36)(H,34,38)/b10-7-/t21-,23+,24+,30-/m1/s1. The molecule has 2 aliphatic heterocycles. The highest BCUT2D eigenvalue weighted by atomic mass is 35.5. The van der Waals surface area contributed by atoms with Crippen molar-refractivity contribution in [3.8, 4) is 0 Å². The van der Waals surface area contributed by atoms with Gasteiger partial charge in [0.1, 0.15) is 23.2 Å². The molecule has 1 saturated carbocycles. The van der Waals surface area contributed by atoms with Crippen LogP contribution in [0.3, 0.4) is 0 Å². The highest BCUT2D eigenvalue weighted by Gasteiger charge is 2.61. The van der Waals surface area contributed by atoms with Crippen molar-refractivity contribution in [3.63, 3.8) is 0 Å². The quantitative estimate of drug-likeness (QED) is 0.418. The van der Waals surface area contributed by atoms with Gasteiger partial charge in [-0.25, -0.2) is 13.2 Å². The molecule has 43 heavy (non-hydrogen) atoms. The molecule has 0 unspecified atom stereocenters. The van der Waals surface area contributed by atoms with E-state index < -0.39 is 56.9 Å². The fourth-order valence-corrected chi connectivity index (χ4v) is 6.91. The van der Waals surface area contributed by atoms with E-state index in [2.05, 4.69) is 15.4 Å². The molecule has 236 valence electrons. The average molecular weight is 637 g/mol. The van der Waals surface area contributed by atoms with E-state index in [1.54, 1.807) is 45.0 Å². The third-order valence-corrected chi connectivity index (χ3v) is 9.31. The lowest BCUT2D eigenvalue weighted by atomic mass is 10.0. The molecule has 0 spiro atoms. The van der Waals surface area contributed by atoms with E-state index in [4.69, 9.17) is 16.3 Å². The van der Waals surface area contributed by atoms with Gasteiger partial charge in [-0.05, 0) is 77.0 Å². The predicted molar refractivity (Wildman–Crippen MR) is 161 cm³/mol. The van der Waals surface area contributed by atoms with Gasteiger partial charge < -0.3 is 20.3 Å². The van der Waals surface area contributed by atoms with E-state index in [9.17, 15) is 27.6 Å². The van der Waals surface area contributed by atoms with Crippen LogP contribution in [-0.4, -0.2) is 66.9 Å².